The predicted octanol–water partition coefficient (Wildman–Crippen LogP) is 13.5. The molecule has 4 heteroatoms. The molecule has 3 nitrogen and oxygen atoms in total. The smallest absolute Gasteiger partial charge is 0.0991 e. The maximum Gasteiger partial charge on any atom is 0.0991 e. The first-order chi connectivity index (χ1) is 26.2. The Kier molecular flexibility index (Phi) is 6.48. The van der Waals surface area contributed by atoms with Crippen molar-refractivity contribution in [2.45, 2.75) is 0 Å². The molecule has 0 bridgehead atoms. The first-order valence-electron chi connectivity index (χ1n) is 17.8. The van der Waals surface area contributed by atoms with Crippen LogP contribution in [-0.4, -0.2) is 9.13 Å². The van der Waals surface area contributed by atoms with Gasteiger partial charge in [-0.05, 0) is 89.0 Å². The van der Waals surface area contributed by atoms with Gasteiger partial charge < -0.3 is 9.13 Å². The van der Waals surface area contributed by atoms with Gasteiger partial charge >= 0.3 is 0 Å². The van der Waals surface area contributed by atoms with Crippen LogP contribution in [-0.2, 0) is 0 Å². The number of nitrogens with zero attached hydrogens (tertiary/aromatic N) is 3. The molecule has 3 aromatic heterocycles. The molecule has 246 valence electrons. The van der Waals surface area contributed by atoms with E-state index in [0.717, 1.165) is 33.6 Å². The predicted molar refractivity (Wildman–Crippen MR) is 224 cm³/mol. The van der Waals surface area contributed by atoms with Crippen LogP contribution >= 0.6 is 11.3 Å². The van der Waals surface area contributed by atoms with Crippen molar-refractivity contribution in [1.82, 2.24) is 9.13 Å². The largest absolute Gasteiger partial charge is 0.309 e. The van der Waals surface area contributed by atoms with Crippen LogP contribution in [0, 0.1) is 11.3 Å². The molecule has 0 aliphatic rings. The Hall–Kier alpha value is -6.93. The number of aromatic nitrogens is 2. The van der Waals surface area contributed by atoms with Crippen molar-refractivity contribution in [3.8, 4) is 39.7 Å². The zero-order chi connectivity index (χ0) is 35.0. The first-order valence-corrected chi connectivity index (χ1v) is 18.6. The Morgan fingerprint density at radius 3 is 1.64 bits per heavy atom. The molecule has 0 radical (unpaired) electrons. The second-order valence-corrected chi connectivity index (χ2v) is 14.7. The summed E-state index contributed by atoms with van der Waals surface area (Å²) in [6, 6.07) is 65.5. The maximum atomic E-state index is 9.40. The van der Waals surface area contributed by atoms with E-state index in [4.69, 9.17) is 0 Å². The van der Waals surface area contributed by atoms with Gasteiger partial charge in [-0.2, -0.15) is 5.26 Å². The lowest BCUT2D eigenvalue weighted by Crippen LogP contribution is -2.00. The molecule has 0 unspecified atom stereocenters. The number of nitriles is 1. The lowest BCUT2D eigenvalue weighted by molar-refractivity contribution is 1.13. The van der Waals surface area contributed by atoms with Gasteiger partial charge in [-0.3, -0.25) is 0 Å². The van der Waals surface area contributed by atoms with Gasteiger partial charge in [0.1, 0.15) is 0 Å². The van der Waals surface area contributed by atoms with Gasteiger partial charge in [-0.15, -0.1) is 11.3 Å². The molecular weight excluding hydrogens is 663 g/mol. The Labute approximate surface area is 309 Å². The van der Waals surface area contributed by atoms with Gasteiger partial charge in [0, 0.05) is 53.1 Å². The SMILES string of the molecule is N#Cc1ccc(-c2cccc(-c3cc(-n4c5ccccc5c5ccccc54)cc(-n4c5ccccc5c5c6sc7ccccc7c6ccc54)c3)c2)cc1. The van der Waals surface area contributed by atoms with Crippen LogP contribution in [0.1, 0.15) is 5.56 Å². The Morgan fingerprint density at radius 1 is 0.396 bits per heavy atom. The summed E-state index contributed by atoms with van der Waals surface area (Å²) in [5.74, 6) is 0. The zero-order valence-electron chi connectivity index (χ0n) is 28.5. The summed E-state index contributed by atoms with van der Waals surface area (Å²) >= 11 is 1.89. The third-order valence-electron chi connectivity index (χ3n) is 10.7. The van der Waals surface area contributed by atoms with E-state index in [2.05, 4.69) is 167 Å². The molecule has 0 aliphatic carbocycles. The Balaban J connectivity index is 1.22. The number of hydrogen-bond donors (Lipinski definition) is 0. The quantitative estimate of drug-likeness (QED) is 0.181. The molecule has 0 saturated heterocycles. The van der Waals surface area contributed by atoms with Gasteiger partial charge in [0.15, 0.2) is 0 Å². The van der Waals surface area contributed by atoms with E-state index >= 15 is 0 Å². The Bertz CT molecular complexity index is 3240. The fourth-order valence-corrected chi connectivity index (χ4v) is 9.61. The number of thiophene rings is 1. The van der Waals surface area contributed by atoms with Crippen LogP contribution in [0.3, 0.4) is 0 Å². The van der Waals surface area contributed by atoms with Crippen molar-refractivity contribution < 1.29 is 0 Å². The average molecular weight is 692 g/mol. The van der Waals surface area contributed by atoms with Crippen LogP contribution in [0.5, 0.6) is 0 Å². The molecule has 11 aromatic rings. The topological polar surface area (TPSA) is 33.6 Å². The highest BCUT2D eigenvalue weighted by molar-refractivity contribution is 7.26. The zero-order valence-corrected chi connectivity index (χ0v) is 29.3. The minimum atomic E-state index is 0.660. The summed E-state index contributed by atoms with van der Waals surface area (Å²) in [5.41, 5.74) is 12.1. The maximum absolute atomic E-state index is 9.40. The standard InChI is InChI=1S/C49H29N3S/c50-30-31-20-22-32(23-21-31)33-10-9-11-34(26-33)35-27-36(51-43-16-5-1-12-38(43)39-13-2-6-17-44(39)51)29-37(28-35)52-45-18-7-3-15-42(45)48-46(52)25-24-41-40-14-4-8-19-47(40)53-49(41)48/h1-29H. The summed E-state index contributed by atoms with van der Waals surface area (Å²) < 4.78 is 7.51. The van der Waals surface area contributed by atoms with Crippen molar-refractivity contribution in [2.75, 3.05) is 0 Å². The first kappa shape index (κ1) is 29.8. The summed E-state index contributed by atoms with van der Waals surface area (Å²) in [7, 11) is 0. The van der Waals surface area contributed by atoms with E-state index in [9.17, 15) is 5.26 Å². The molecule has 53 heavy (non-hydrogen) atoms. The third kappa shape index (κ3) is 4.52. The fraction of sp³-hybridized carbons (Fsp3) is 0. The molecule has 0 fully saturated rings. The number of benzene rings is 8. The molecule has 3 heterocycles. The van der Waals surface area contributed by atoms with Gasteiger partial charge in [0.2, 0.25) is 0 Å². The van der Waals surface area contributed by atoms with E-state index in [1.807, 2.05) is 35.6 Å². The van der Waals surface area contributed by atoms with Crippen LogP contribution < -0.4 is 0 Å². The van der Waals surface area contributed by atoms with Crippen LogP contribution in [0.2, 0.25) is 0 Å². The summed E-state index contributed by atoms with van der Waals surface area (Å²) in [5, 5.41) is 17.0. The van der Waals surface area contributed by atoms with E-state index in [1.54, 1.807) is 0 Å². The van der Waals surface area contributed by atoms with Crippen molar-refractivity contribution in [1.29, 1.82) is 5.26 Å². The third-order valence-corrected chi connectivity index (χ3v) is 11.9. The second-order valence-electron chi connectivity index (χ2n) is 13.7. The Morgan fingerprint density at radius 2 is 0.962 bits per heavy atom. The fourth-order valence-electron chi connectivity index (χ4n) is 8.35. The number of rotatable bonds is 4. The normalized spacial score (nSPS) is 11.8. The highest BCUT2D eigenvalue weighted by atomic mass is 32.1. The molecule has 0 amide bonds. The average Bonchev–Trinajstić information content (AvgIpc) is 3.88. The van der Waals surface area contributed by atoms with Crippen molar-refractivity contribution in [3.63, 3.8) is 0 Å². The van der Waals surface area contributed by atoms with E-state index in [0.29, 0.717) is 5.56 Å². The molecule has 0 spiro atoms. The highest BCUT2D eigenvalue weighted by Gasteiger charge is 2.20. The van der Waals surface area contributed by atoms with E-state index < -0.39 is 0 Å². The molecule has 0 atom stereocenters. The molecule has 11 rings (SSSR count). The molecule has 0 N–H and O–H groups in total. The van der Waals surface area contributed by atoms with Gasteiger partial charge in [0.05, 0.1) is 33.7 Å². The van der Waals surface area contributed by atoms with Crippen LogP contribution in [0.15, 0.2) is 176 Å². The van der Waals surface area contributed by atoms with E-state index in [1.165, 1.54) is 63.8 Å². The van der Waals surface area contributed by atoms with Crippen LogP contribution in [0.4, 0.5) is 0 Å². The van der Waals surface area contributed by atoms with E-state index in [-0.39, 0.29) is 0 Å². The van der Waals surface area contributed by atoms with Gasteiger partial charge in [-0.25, -0.2) is 0 Å². The molecule has 8 aromatic carbocycles. The summed E-state index contributed by atoms with van der Waals surface area (Å²) in [6.07, 6.45) is 0. The summed E-state index contributed by atoms with van der Waals surface area (Å²) in [6.45, 7) is 0. The highest BCUT2D eigenvalue weighted by Crippen LogP contribution is 2.44. The lowest BCUT2D eigenvalue weighted by atomic mass is 9.97. The minimum Gasteiger partial charge on any atom is -0.309 e. The van der Waals surface area contributed by atoms with Crippen LogP contribution in [0.25, 0.3) is 97.4 Å². The minimum absolute atomic E-state index is 0.660. The molecular formula is C49H29N3S. The van der Waals surface area contributed by atoms with Crippen molar-refractivity contribution >= 4 is 75.1 Å². The monoisotopic (exact) mass is 691 g/mol. The number of fused-ring (bicyclic) bond motifs is 10. The number of para-hydroxylation sites is 3. The number of hydrogen-bond acceptors (Lipinski definition) is 2. The van der Waals surface area contributed by atoms with Gasteiger partial charge in [-0.1, -0.05) is 109 Å². The molecule has 0 aliphatic heterocycles. The van der Waals surface area contributed by atoms with Crippen molar-refractivity contribution in [3.05, 3.63) is 181 Å². The second kappa shape index (κ2) is 11.5. The molecule has 0 saturated carbocycles. The summed E-state index contributed by atoms with van der Waals surface area (Å²) in [4.78, 5) is 0. The van der Waals surface area contributed by atoms with Crippen molar-refractivity contribution in [2.24, 2.45) is 0 Å². The lowest BCUT2D eigenvalue weighted by Gasteiger charge is -2.16. The van der Waals surface area contributed by atoms with Gasteiger partial charge in [0.25, 0.3) is 0 Å².